The summed E-state index contributed by atoms with van der Waals surface area (Å²) < 4.78 is 27.9. The molecule has 0 fully saturated rings. The van der Waals surface area contributed by atoms with Crippen molar-refractivity contribution in [1.82, 2.24) is 0 Å². The highest BCUT2D eigenvalue weighted by Crippen LogP contribution is 2.18. The second kappa shape index (κ2) is 4.63. The first-order chi connectivity index (χ1) is 7.02. The van der Waals surface area contributed by atoms with E-state index in [0.29, 0.717) is 6.29 Å². The van der Waals surface area contributed by atoms with E-state index in [4.69, 9.17) is 0 Å². The van der Waals surface area contributed by atoms with Crippen molar-refractivity contribution < 1.29 is 23.1 Å². The van der Waals surface area contributed by atoms with Gasteiger partial charge in [0.1, 0.15) is 12.0 Å². The van der Waals surface area contributed by atoms with Gasteiger partial charge in [-0.3, -0.25) is 9.59 Å². The molecule has 0 atom stereocenters. The zero-order valence-electron chi connectivity index (χ0n) is 7.87. The predicted molar refractivity (Wildman–Crippen MR) is 48.5 cm³/mol. The molecule has 0 unspecified atom stereocenters. The number of carbonyl (C=O) groups excluding carboxylic acids is 2. The van der Waals surface area contributed by atoms with Crippen molar-refractivity contribution in [3.63, 3.8) is 0 Å². The first-order valence-corrected chi connectivity index (χ1v) is 4.09. The molecule has 1 rings (SSSR count). The minimum atomic E-state index is -2.98. The van der Waals surface area contributed by atoms with Gasteiger partial charge in [0.25, 0.3) is 0 Å². The molecule has 0 radical (unpaired) electrons. The number of ether oxygens (including phenoxy) is 1. The summed E-state index contributed by atoms with van der Waals surface area (Å²) in [5.41, 5.74) is 0.286. The van der Waals surface area contributed by atoms with E-state index in [-0.39, 0.29) is 22.7 Å². The summed E-state index contributed by atoms with van der Waals surface area (Å²) in [5, 5.41) is 0. The molecule has 80 valence electrons. The Hall–Kier alpha value is -1.78. The number of hydrogen-bond acceptors (Lipinski definition) is 3. The molecule has 15 heavy (non-hydrogen) atoms. The van der Waals surface area contributed by atoms with Crippen LogP contribution in [0, 0.1) is 0 Å². The van der Waals surface area contributed by atoms with E-state index in [1.54, 1.807) is 0 Å². The second-order valence-electron chi connectivity index (χ2n) is 2.84. The Bertz CT molecular complexity index is 388. The monoisotopic (exact) mass is 214 g/mol. The number of rotatable bonds is 4. The van der Waals surface area contributed by atoms with Gasteiger partial charge in [-0.15, -0.1) is 0 Å². The predicted octanol–water partition coefficient (Wildman–Crippen LogP) is 2.30. The zero-order valence-corrected chi connectivity index (χ0v) is 7.87. The van der Waals surface area contributed by atoms with Crippen LogP contribution in [0.2, 0.25) is 0 Å². The van der Waals surface area contributed by atoms with Crippen LogP contribution in [0.15, 0.2) is 18.2 Å². The molecule has 0 aliphatic rings. The second-order valence-corrected chi connectivity index (χ2v) is 2.84. The van der Waals surface area contributed by atoms with E-state index in [1.165, 1.54) is 19.1 Å². The van der Waals surface area contributed by atoms with Gasteiger partial charge < -0.3 is 4.74 Å². The molecule has 0 spiro atoms. The fourth-order valence-electron chi connectivity index (χ4n) is 1.06. The van der Waals surface area contributed by atoms with Crippen LogP contribution in [-0.4, -0.2) is 18.7 Å². The highest BCUT2D eigenvalue weighted by atomic mass is 19.3. The first kappa shape index (κ1) is 11.3. The maximum atomic E-state index is 11.9. The molecule has 0 bridgehead atoms. The van der Waals surface area contributed by atoms with Crippen molar-refractivity contribution in [2.45, 2.75) is 13.5 Å². The third-order valence-corrected chi connectivity index (χ3v) is 1.70. The molecule has 0 saturated carbocycles. The highest BCUT2D eigenvalue weighted by molar-refractivity contribution is 5.96. The quantitative estimate of drug-likeness (QED) is 0.570. The van der Waals surface area contributed by atoms with Crippen molar-refractivity contribution in [3.05, 3.63) is 29.3 Å². The number of hydrogen-bond donors (Lipinski definition) is 0. The van der Waals surface area contributed by atoms with Gasteiger partial charge in [0.2, 0.25) is 0 Å². The van der Waals surface area contributed by atoms with Crippen LogP contribution < -0.4 is 4.74 Å². The zero-order chi connectivity index (χ0) is 11.4. The summed E-state index contributed by atoms with van der Waals surface area (Å²) in [6.45, 7) is -1.71. The van der Waals surface area contributed by atoms with E-state index >= 15 is 0 Å². The summed E-state index contributed by atoms with van der Waals surface area (Å²) in [6.07, 6.45) is 0.463. The molecule has 0 saturated heterocycles. The molecule has 0 amide bonds. The lowest BCUT2D eigenvalue weighted by molar-refractivity contribution is -0.0499. The Labute approximate surface area is 84.7 Å². The summed E-state index contributed by atoms with van der Waals surface area (Å²) in [7, 11) is 0. The fourth-order valence-corrected chi connectivity index (χ4v) is 1.06. The number of aldehydes is 1. The van der Waals surface area contributed by atoms with E-state index in [1.807, 2.05) is 0 Å². The summed E-state index contributed by atoms with van der Waals surface area (Å²) >= 11 is 0. The molecule has 1 aromatic rings. The largest absolute Gasteiger partial charge is 0.435 e. The highest BCUT2D eigenvalue weighted by Gasteiger charge is 2.09. The minimum Gasteiger partial charge on any atom is -0.435 e. The van der Waals surface area contributed by atoms with E-state index in [2.05, 4.69) is 4.74 Å². The SMILES string of the molecule is CC(=O)c1cc(C=O)cc(OC(F)F)c1. The van der Waals surface area contributed by atoms with E-state index in [0.717, 1.165) is 6.07 Å². The van der Waals surface area contributed by atoms with Crippen molar-refractivity contribution in [1.29, 1.82) is 0 Å². The molecule has 5 heteroatoms. The van der Waals surface area contributed by atoms with Gasteiger partial charge in [-0.25, -0.2) is 0 Å². The fraction of sp³-hybridized carbons (Fsp3) is 0.200. The van der Waals surface area contributed by atoms with Crippen LogP contribution in [0.1, 0.15) is 27.6 Å². The molecule has 0 aliphatic heterocycles. The van der Waals surface area contributed by atoms with Crippen LogP contribution in [0.3, 0.4) is 0 Å². The van der Waals surface area contributed by atoms with Crippen molar-refractivity contribution in [3.8, 4) is 5.75 Å². The molecular weight excluding hydrogens is 206 g/mol. The van der Waals surface area contributed by atoms with Gasteiger partial charge in [0.15, 0.2) is 5.78 Å². The molecule has 1 aromatic carbocycles. The number of benzene rings is 1. The summed E-state index contributed by atoms with van der Waals surface area (Å²) in [6, 6.07) is 3.63. The van der Waals surface area contributed by atoms with Gasteiger partial charge in [-0.1, -0.05) is 0 Å². The molecular formula is C10H8F2O3. The van der Waals surface area contributed by atoms with E-state index < -0.39 is 6.61 Å². The van der Waals surface area contributed by atoms with Gasteiger partial charge in [-0.2, -0.15) is 8.78 Å². The number of halogens is 2. The third-order valence-electron chi connectivity index (χ3n) is 1.70. The number of Topliss-reactive ketones (excluding diaryl/α,β-unsaturated/α-hetero) is 1. The summed E-state index contributed by atoms with van der Waals surface area (Å²) in [5.74, 6) is -0.516. The summed E-state index contributed by atoms with van der Waals surface area (Å²) in [4.78, 5) is 21.5. The smallest absolute Gasteiger partial charge is 0.387 e. The van der Waals surface area contributed by atoms with Crippen molar-refractivity contribution in [2.75, 3.05) is 0 Å². The molecule has 0 aromatic heterocycles. The Morgan fingerprint density at radius 1 is 1.40 bits per heavy atom. The van der Waals surface area contributed by atoms with Crippen LogP contribution in [0.25, 0.3) is 0 Å². The molecule has 0 N–H and O–H groups in total. The topological polar surface area (TPSA) is 43.4 Å². The molecule has 3 nitrogen and oxygen atoms in total. The van der Waals surface area contributed by atoms with E-state index in [9.17, 15) is 18.4 Å². The number of ketones is 1. The van der Waals surface area contributed by atoms with Gasteiger partial charge in [0, 0.05) is 11.1 Å². The maximum Gasteiger partial charge on any atom is 0.387 e. The van der Waals surface area contributed by atoms with Crippen LogP contribution in [-0.2, 0) is 0 Å². The first-order valence-electron chi connectivity index (χ1n) is 4.09. The normalized spacial score (nSPS) is 10.1. The third kappa shape index (κ3) is 3.12. The van der Waals surface area contributed by atoms with Crippen LogP contribution in [0.4, 0.5) is 8.78 Å². The minimum absolute atomic E-state index is 0.123. The number of carbonyl (C=O) groups is 2. The average Bonchev–Trinajstić information content (AvgIpc) is 2.16. The van der Waals surface area contributed by atoms with Crippen LogP contribution >= 0.6 is 0 Å². The van der Waals surface area contributed by atoms with Crippen molar-refractivity contribution >= 4 is 12.1 Å². The van der Waals surface area contributed by atoms with Crippen LogP contribution in [0.5, 0.6) is 5.75 Å². The average molecular weight is 214 g/mol. The lowest BCUT2D eigenvalue weighted by atomic mass is 10.1. The van der Waals surface area contributed by atoms with Gasteiger partial charge in [-0.05, 0) is 25.1 Å². The van der Waals surface area contributed by atoms with Gasteiger partial charge in [0.05, 0.1) is 0 Å². The lowest BCUT2D eigenvalue weighted by Crippen LogP contribution is -2.04. The standard InChI is InChI=1S/C10H8F2O3/c1-6(14)8-2-7(5-13)3-9(4-8)15-10(11)12/h2-5,10H,1H3. The molecule has 0 aliphatic carbocycles. The maximum absolute atomic E-state index is 11.9. The Morgan fingerprint density at radius 2 is 2.07 bits per heavy atom. The number of alkyl halides is 2. The Kier molecular flexibility index (Phi) is 3.49. The Morgan fingerprint density at radius 3 is 2.53 bits per heavy atom. The van der Waals surface area contributed by atoms with Crippen molar-refractivity contribution in [2.24, 2.45) is 0 Å². The van der Waals surface area contributed by atoms with Gasteiger partial charge >= 0.3 is 6.61 Å². The Balaban J connectivity index is 3.11. The molecule has 0 heterocycles. The lowest BCUT2D eigenvalue weighted by Gasteiger charge is -2.06.